The zero-order valence-corrected chi connectivity index (χ0v) is 18.8. The molecule has 1 amide bonds. The molecule has 0 N–H and O–H groups in total. The fourth-order valence-electron chi connectivity index (χ4n) is 4.30. The fourth-order valence-corrected chi connectivity index (χ4v) is 4.56. The number of benzene rings is 3. The normalized spacial score (nSPS) is 15.5. The Labute approximate surface area is 188 Å². The number of para-hydroxylation sites is 1. The molecule has 0 bridgehead atoms. The van der Waals surface area contributed by atoms with Crippen molar-refractivity contribution < 1.29 is 4.79 Å². The minimum absolute atomic E-state index is 0.0189. The molecule has 0 unspecified atom stereocenters. The standard InChI is InChI=1S/C25H20BrN3O2/c1-15-7-12-22-19(13-15)20(24(30)28(22)2)14-23-27-21-6-4-3-5-18(21)25(31)29(23)17-10-8-16(26)9-11-17/h3-13,20H,14H2,1-2H3/t20-/m0/s1. The number of rotatable bonds is 3. The van der Waals surface area contributed by atoms with Gasteiger partial charge in [-0.05, 0) is 55.0 Å². The molecule has 5 rings (SSSR count). The van der Waals surface area contributed by atoms with E-state index in [9.17, 15) is 9.59 Å². The predicted molar refractivity (Wildman–Crippen MR) is 126 cm³/mol. The first-order valence-electron chi connectivity index (χ1n) is 10.1. The maximum absolute atomic E-state index is 13.5. The Kier molecular flexibility index (Phi) is 4.74. The molecular formula is C25H20BrN3O2. The van der Waals surface area contributed by atoms with E-state index in [4.69, 9.17) is 4.98 Å². The van der Waals surface area contributed by atoms with Gasteiger partial charge in [-0.2, -0.15) is 0 Å². The molecule has 0 spiro atoms. The summed E-state index contributed by atoms with van der Waals surface area (Å²) in [5.41, 5.74) is 4.23. The molecule has 0 saturated carbocycles. The van der Waals surface area contributed by atoms with E-state index < -0.39 is 0 Å². The van der Waals surface area contributed by atoms with Crippen LogP contribution in [0.15, 0.2) is 76.0 Å². The lowest BCUT2D eigenvalue weighted by Crippen LogP contribution is -2.29. The molecule has 1 aliphatic rings. The van der Waals surface area contributed by atoms with Gasteiger partial charge in [0.1, 0.15) is 5.82 Å². The molecule has 0 radical (unpaired) electrons. The van der Waals surface area contributed by atoms with Crippen LogP contribution in [0.5, 0.6) is 0 Å². The molecular weight excluding hydrogens is 454 g/mol. The Bertz CT molecular complexity index is 1390. The van der Waals surface area contributed by atoms with E-state index in [0.717, 1.165) is 27.0 Å². The van der Waals surface area contributed by atoms with E-state index in [2.05, 4.69) is 22.0 Å². The number of fused-ring (bicyclic) bond motifs is 2. The van der Waals surface area contributed by atoms with Crippen LogP contribution in [0, 0.1) is 6.92 Å². The van der Waals surface area contributed by atoms with Crippen molar-refractivity contribution in [1.82, 2.24) is 9.55 Å². The topological polar surface area (TPSA) is 55.2 Å². The highest BCUT2D eigenvalue weighted by atomic mass is 79.9. The summed E-state index contributed by atoms with van der Waals surface area (Å²) in [4.78, 5) is 33.1. The molecule has 31 heavy (non-hydrogen) atoms. The summed E-state index contributed by atoms with van der Waals surface area (Å²) < 4.78 is 2.56. The minimum Gasteiger partial charge on any atom is -0.315 e. The first-order chi connectivity index (χ1) is 14.9. The van der Waals surface area contributed by atoms with E-state index >= 15 is 0 Å². The van der Waals surface area contributed by atoms with Crippen molar-refractivity contribution in [2.24, 2.45) is 0 Å². The maximum atomic E-state index is 13.5. The number of carbonyl (C=O) groups excluding carboxylic acids is 1. The second kappa shape index (κ2) is 7.46. The van der Waals surface area contributed by atoms with Crippen molar-refractivity contribution in [2.75, 3.05) is 11.9 Å². The summed E-state index contributed by atoms with van der Waals surface area (Å²) in [6.07, 6.45) is 0.343. The van der Waals surface area contributed by atoms with Crippen LogP contribution in [-0.4, -0.2) is 22.5 Å². The lowest BCUT2D eigenvalue weighted by Gasteiger charge is -2.17. The summed E-state index contributed by atoms with van der Waals surface area (Å²) in [6, 6.07) is 20.9. The van der Waals surface area contributed by atoms with Gasteiger partial charge in [-0.1, -0.05) is 45.8 Å². The molecule has 1 atom stereocenters. The summed E-state index contributed by atoms with van der Waals surface area (Å²) >= 11 is 3.45. The van der Waals surface area contributed by atoms with Crippen molar-refractivity contribution >= 4 is 38.4 Å². The smallest absolute Gasteiger partial charge is 0.265 e. The number of halogens is 1. The van der Waals surface area contributed by atoms with Crippen molar-refractivity contribution in [3.05, 3.63) is 98.5 Å². The summed E-state index contributed by atoms with van der Waals surface area (Å²) in [5.74, 6) is 0.215. The van der Waals surface area contributed by atoms with Crippen molar-refractivity contribution in [2.45, 2.75) is 19.3 Å². The zero-order valence-electron chi connectivity index (χ0n) is 17.2. The van der Waals surface area contributed by atoms with E-state index in [1.54, 1.807) is 22.6 Å². The Morgan fingerprint density at radius 3 is 2.52 bits per heavy atom. The molecule has 154 valence electrons. The molecule has 6 heteroatoms. The summed E-state index contributed by atoms with van der Waals surface area (Å²) in [7, 11) is 1.80. The number of anilines is 1. The van der Waals surface area contributed by atoms with Gasteiger partial charge in [-0.25, -0.2) is 4.98 Å². The number of nitrogens with zero attached hydrogens (tertiary/aromatic N) is 3. The van der Waals surface area contributed by atoms with E-state index in [1.807, 2.05) is 61.5 Å². The Hall–Kier alpha value is -3.25. The number of aryl methyl sites for hydroxylation is 1. The molecule has 0 saturated heterocycles. The van der Waals surface area contributed by atoms with Gasteiger partial charge >= 0.3 is 0 Å². The van der Waals surface area contributed by atoms with Gasteiger partial charge in [0.05, 0.1) is 22.5 Å². The van der Waals surface area contributed by atoms with Crippen molar-refractivity contribution in [1.29, 1.82) is 0 Å². The van der Waals surface area contributed by atoms with Crippen LogP contribution in [0.3, 0.4) is 0 Å². The molecule has 0 aliphatic carbocycles. The largest absolute Gasteiger partial charge is 0.315 e. The van der Waals surface area contributed by atoms with Gasteiger partial charge in [0, 0.05) is 23.6 Å². The van der Waals surface area contributed by atoms with Gasteiger partial charge in [0.25, 0.3) is 5.56 Å². The molecule has 4 aromatic rings. The van der Waals surface area contributed by atoms with E-state index in [0.29, 0.717) is 23.1 Å². The molecule has 2 heterocycles. The third kappa shape index (κ3) is 3.27. The molecule has 3 aromatic carbocycles. The number of carbonyl (C=O) groups is 1. The number of likely N-dealkylation sites (N-methyl/N-ethyl adjacent to an activating group) is 1. The Morgan fingerprint density at radius 1 is 1.00 bits per heavy atom. The third-order valence-corrected chi connectivity index (χ3v) is 6.39. The van der Waals surface area contributed by atoms with Crippen LogP contribution in [0.25, 0.3) is 16.6 Å². The quantitative estimate of drug-likeness (QED) is 0.430. The van der Waals surface area contributed by atoms with Crippen LogP contribution in [0.2, 0.25) is 0 Å². The Morgan fingerprint density at radius 2 is 1.74 bits per heavy atom. The highest BCUT2D eigenvalue weighted by Crippen LogP contribution is 2.38. The fraction of sp³-hybridized carbons (Fsp3) is 0.160. The molecule has 1 aromatic heterocycles. The third-order valence-electron chi connectivity index (χ3n) is 5.87. The van der Waals surface area contributed by atoms with Gasteiger partial charge in [0.2, 0.25) is 5.91 Å². The average molecular weight is 474 g/mol. The average Bonchev–Trinajstić information content (AvgIpc) is 2.99. The second-order valence-electron chi connectivity index (χ2n) is 7.88. The molecule has 5 nitrogen and oxygen atoms in total. The van der Waals surface area contributed by atoms with Crippen molar-refractivity contribution in [3.63, 3.8) is 0 Å². The summed E-state index contributed by atoms with van der Waals surface area (Å²) in [6.45, 7) is 2.02. The van der Waals surface area contributed by atoms with Gasteiger partial charge in [-0.3, -0.25) is 14.2 Å². The van der Waals surface area contributed by atoms with Crippen molar-refractivity contribution in [3.8, 4) is 5.69 Å². The second-order valence-corrected chi connectivity index (χ2v) is 8.79. The van der Waals surface area contributed by atoms with E-state index in [1.165, 1.54) is 0 Å². The van der Waals surface area contributed by atoms with Crippen LogP contribution in [-0.2, 0) is 11.2 Å². The van der Waals surface area contributed by atoms with Crippen LogP contribution >= 0.6 is 15.9 Å². The lowest BCUT2D eigenvalue weighted by atomic mass is 9.95. The first-order valence-corrected chi connectivity index (χ1v) is 10.9. The highest BCUT2D eigenvalue weighted by molar-refractivity contribution is 9.10. The van der Waals surface area contributed by atoms with Gasteiger partial charge in [-0.15, -0.1) is 0 Å². The molecule has 1 aliphatic heterocycles. The van der Waals surface area contributed by atoms with Crippen LogP contribution < -0.4 is 10.5 Å². The van der Waals surface area contributed by atoms with E-state index in [-0.39, 0.29) is 17.4 Å². The zero-order chi connectivity index (χ0) is 21.7. The predicted octanol–water partition coefficient (Wildman–Crippen LogP) is 4.76. The minimum atomic E-state index is -0.380. The van der Waals surface area contributed by atoms with Crippen LogP contribution in [0.4, 0.5) is 5.69 Å². The van der Waals surface area contributed by atoms with Gasteiger partial charge < -0.3 is 4.90 Å². The monoisotopic (exact) mass is 473 g/mol. The first kappa shape index (κ1) is 19.7. The lowest BCUT2D eigenvalue weighted by molar-refractivity contribution is -0.119. The summed E-state index contributed by atoms with van der Waals surface area (Å²) in [5, 5.41) is 0.556. The number of amides is 1. The maximum Gasteiger partial charge on any atom is 0.265 e. The highest BCUT2D eigenvalue weighted by Gasteiger charge is 2.36. The van der Waals surface area contributed by atoms with Crippen LogP contribution in [0.1, 0.15) is 22.9 Å². The Balaban J connectivity index is 1.71. The number of aromatic nitrogens is 2. The number of hydrogen-bond donors (Lipinski definition) is 0. The number of hydrogen-bond acceptors (Lipinski definition) is 3. The molecule has 0 fully saturated rings. The van der Waals surface area contributed by atoms with Gasteiger partial charge in [0.15, 0.2) is 0 Å². The SMILES string of the molecule is Cc1ccc2c(c1)[C@H](Cc1nc3ccccc3c(=O)n1-c1ccc(Br)cc1)C(=O)N2C.